The molecule has 0 aromatic heterocycles. The van der Waals surface area contributed by atoms with Gasteiger partial charge in [-0.3, -0.25) is 0 Å². The van der Waals surface area contributed by atoms with Crippen LogP contribution in [0.1, 0.15) is 25.0 Å². The molecule has 0 amide bonds. The van der Waals surface area contributed by atoms with Gasteiger partial charge in [-0.25, -0.2) is 4.39 Å². The normalized spacial score (nSPS) is 18.1. The Hall–Kier alpha value is -1.40. The minimum atomic E-state index is -1.11. The monoisotopic (exact) mass is 223 g/mol. The molecular formula is C10H11BFNO3. The van der Waals surface area contributed by atoms with Gasteiger partial charge in [-0.2, -0.15) is 0 Å². The number of hydrogen-bond acceptors (Lipinski definition) is 4. The fourth-order valence-corrected chi connectivity index (χ4v) is 1.99. The predicted octanol–water partition coefficient (Wildman–Crippen LogP) is 0.587. The topological polar surface area (TPSA) is 62.0 Å². The summed E-state index contributed by atoms with van der Waals surface area (Å²) in [6, 6.07) is 3.00. The Morgan fingerprint density at radius 3 is 2.81 bits per heavy atom. The van der Waals surface area contributed by atoms with E-state index in [1.165, 1.54) is 6.07 Å². The number of halogens is 1. The van der Waals surface area contributed by atoms with Crippen molar-refractivity contribution in [1.82, 2.24) is 0 Å². The molecule has 84 valence electrons. The molecule has 0 saturated carbocycles. The van der Waals surface area contributed by atoms with Crippen LogP contribution in [0.3, 0.4) is 0 Å². The van der Waals surface area contributed by atoms with Crippen LogP contribution < -0.4 is 5.46 Å². The quantitative estimate of drug-likeness (QED) is 0.317. The molecule has 0 bridgehead atoms. The van der Waals surface area contributed by atoms with E-state index in [0.29, 0.717) is 11.0 Å². The smallest absolute Gasteiger partial charge is 0.423 e. The van der Waals surface area contributed by atoms with Crippen molar-refractivity contribution < 1.29 is 19.3 Å². The van der Waals surface area contributed by atoms with Gasteiger partial charge in [0.25, 0.3) is 0 Å². The highest BCUT2D eigenvalue weighted by atomic mass is 19.1. The van der Waals surface area contributed by atoms with E-state index in [9.17, 15) is 9.41 Å². The first kappa shape index (κ1) is 11.1. The first-order valence-corrected chi connectivity index (χ1v) is 4.83. The van der Waals surface area contributed by atoms with Crippen LogP contribution in [0.25, 0.3) is 0 Å². The van der Waals surface area contributed by atoms with E-state index in [4.69, 9.17) is 9.86 Å². The van der Waals surface area contributed by atoms with Crippen molar-refractivity contribution in [3.8, 4) is 0 Å². The zero-order valence-electron chi connectivity index (χ0n) is 8.94. The molecule has 0 radical (unpaired) electrons. The Morgan fingerprint density at radius 2 is 2.19 bits per heavy atom. The summed E-state index contributed by atoms with van der Waals surface area (Å²) in [7, 11) is -1.11. The van der Waals surface area contributed by atoms with E-state index in [2.05, 4.69) is 5.16 Å². The molecule has 0 saturated heterocycles. The summed E-state index contributed by atoms with van der Waals surface area (Å²) in [5, 5.41) is 20.8. The Bertz CT molecular complexity index is 462. The molecule has 0 fully saturated rings. The lowest BCUT2D eigenvalue weighted by atomic mass is 9.77. The van der Waals surface area contributed by atoms with E-state index in [-0.39, 0.29) is 5.56 Å². The Morgan fingerprint density at radius 1 is 1.50 bits per heavy atom. The predicted molar refractivity (Wildman–Crippen MR) is 57.5 cm³/mol. The van der Waals surface area contributed by atoms with Crippen molar-refractivity contribution in [2.45, 2.75) is 19.4 Å². The first-order valence-electron chi connectivity index (χ1n) is 4.83. The van der Waals surface area contributed by atoms with E-state index < -0.39 is 18.5 Å². The van der Waals surface area contributed by atoms with E-state index >= 15 is 0 Å². The summed E-state index contributed by atoms with van der Waals surface area (Å²) in [6.07, 6.45) is 1.01. The maximum absolute atomic E-state index is 14.0. The highest BCUT2D eigenvalue weighted by molar-refractivity contribution is 6.62. The second kappa shape index (κ2) is 3.57. The van der Waals surface area contributed by atoms with Crippen molar-refractivity contribution in [2.24, 2.45) is 5.16 Å². The second-order valence-electron chi connectivity index (χ2n) is 4.16. The number of oxime groups is 1. The molecule has 1 aromatic carbocycles. The summed E-state index contributed by atoms with van der Waals surface area (Å²) in [6.45, 7) is 3.34. The zero-order chi connectivity index (χ0) is 11.9. The minimum Gasteiger partial charge on any atom is -0.423 e. The van der Waals surface area contributed by atoms with Gasteiger partial charge in [-0.15, -0.1) is 0 Å². The van der Waals surface area contributed by atoms with Crippen LogP contribution >= 0.6 is 0 Å². The van der Waals surface area contributed by atoms with Gasteiger partial charge in [0.05, 0.1) is 11.8 Å². The summed E-state index contributed by atoms with van der Waals surface area (Å²) >= 11 is 0. The fraction of sp³-hybridized carbons (Fsp3) is 0.300. The van der Waals surface area contributed by atoms with Gasteiger partial charge in [0.1, 0.15) is 5.82 Å². The molecule has 1 aliphatic rings. The third-order valence-electron chi connectivity index (χ3n) is 2.68. The molecule has 0 aliphatic carbocycles. The average Bonchev–Trinajstić information content (AvgIpc) is 2.42. The molecular weight excluding hydrogens is 212 g/mol. The zero-order valence-corrected chi connectivity index (χ0v) is 8.94. The van der Waals surface area contributed by atoms with Crippen molar-refractivity contribution in [2.75, 3.05) is 0 Å². The highest BCUT2D eigenvalue weighted by Gasteiger charge is 2.43. The Kier molecular flexibility index (Phi) is 2.48. The van der Waals surface area contributed by atoms with Crippen LogP contribution in [0.5, 0.6) is 0 Å². The van der Waals surface area contributed by atoms with Crippen molar-refractivity contribution >= 4 is 18.8 Å². The SMILES string of the molecule is CC1(C)OB(O)c2ccc(C=NO)c(F)c21. The summed E-state index contributed by atoms with van der Waals surface area (Å²) in [4.78, 5) is 0. The van der Waals surface area contributed by atoms with Gasteiger partial charge >= 0.3 is 7.12 Å². The summed E-state index contributed by atoms with van der Waals surface area (Å²) in [5.74, 6) is -0.531. The van der Waals surface area contributed by atoms with Gasteiger partial charge < -0.3 is 14.9 Å². The van der Waals surface area contributed by atoms with Gasteiger partial charge in [0.2, 0.25) is 0 Å². The van der Waals surface area contributed by atoms with Crippen LogP contribution in [0, 0.1) is 5.82 Å². The molecule has 0 spiro atoms. The van der Waals surface area contributed by atoms with Crippen molar-refractivity contribution in [1.29, 1.82) is 0 Å². The molecule has 2 N–H and O–H groups in total. The number of benzene rings is 1. The number of nitrogens with zero attached hydrogens (tertiary/aromatic N) is 1. The standard InChI is InChI=1S/C10H11BFNO3/c1-10(2)8-7(11(14)16-10)4-3-6(5-13-15)9(8)12/h3-5,14-15H,1-2H3. The molecule has 1 aliphatic heterocycles. The number of hydrogen-bond donors (Lipinski definition) is 2. The van der Waals surface area contributed by atoms with Gasteiger partial charge in [-0.1, -0.05) is 17.3 Å². The third kappa shape index (κ3) is 1.50. The molecule has 0 atom stereocenters. The van der Waals surface area contributed by atoms with Crippen molar-refractivity contribution in [3.05, 3.63) is 29.1 Å². The van der Waals surface area contributed by atoms with Crippen LogP contribution in [0.4, 0.5) is 4.39 Å². The Labute approximate surface area is 92.5 Å². The highest BCUT2D eigenvalue weighted by Crippen LogP contribution is 2.32. The first-order chi connectivity index (χ1) is 7.47. The summed E-state index contributed by atoms with van der Waals surface area (Å²) < 4.78 is 19.3. The maximum atomic E-state index is 14.0. The van der Waals surface area contributed by atoms with Gasteiger partial charge in [0.15, 0.2) is 0 Å². The molecule has 0 unspecified atom stereocenters. The number of rotatable bonds is 1. The van der Waals surface area contributed by atoms with Gasteiger partial charge in [0, 0.05) is 11.1 Å². The molecule has 4 nitrogen and oxygen atoms in total. The lowest BCUT2D eigenvalue weighted by Gasteiger charge is -2.20. The van der Waals surface area contributed by atoms with Crippen LogP contribution in [0.2, 0.25) is 0 Å². The second-order valence-corrected chi connectivity index (χ2v) is 4.16. The third-order valence-corrected chi connectivity index (χ3v) is 2.68. The fourth-order valence-electron chi connectivity index (χ4n) is 1.99. The van der Waals surface area contributed by atoms with Gasteiger partial charge in [-0.05, 0) is 19.3 Å². The van der Waals surface area contributed by atoms with Crippen LogP contribution in [-0.4, -0.2) is 23.6 Å². The van der Waals surface area contributed by atoms with Crippen LogP contribution in [-0.2, 0) is 10.3 Å². The lowest BCUT2D eigenvalue weighted by molar-refractivity contribution is 0.0973. The molecule has 16 heavy (non-hydrogen) atoms. The summed E-state index contributed by atoms with van der Waals surface area (Å²) in [5.41, 5.74) is -0.0139. The van der Waals surface area contributed by atoms with E-state index in [1.807, 2.05) is 0 Å². The average molecular weight is 223 g/mol. The largest absolute Gasteiger partial charge is 0.492 e. The molecule has 2 rings (SSSR count). The maximum Gasteiger partial charge on any atom is 0.492 e. The van der Waals surface area contributed by atoms with E-state index in [0.717, 1.165) is 6.21 Å². The lowest BCUT2D eigenvalue weighted by Crippen LogP contribution is -2.28. The minimum absolute atomic E-state index is 0.159. The molecule has 1 aromatic rings. The van der Waals surface area contributed by atoms with Crippen LogP contribution in [0.15, 0.2) is 17.3 Å². The molecule has 6 heteroatoms. The molecule has 1 heterocycles. The Balaban J connectivity index is 2.65. The van der Waals surface area contributed by atoms with Crippen molar-refractivity contribution in [3.63, 3.8) is 0 Å². The van der Waals surface area contributed by atoms with E-state index in [1.54, 1.807) is 19.9 Å². The number of fused-ring (bicyclic) bond motifs is 1.